The molecule has 0 aliphatic carbocycles. The van der Waals surface area contributed by atoms with E-state index >= 15 is 0 Å². The average Bonchev–Trinajstić information content (AvgIpc) is 2.66. The number of nitriles is 2. The SMILES string of the molecule is CCCCCCCCOCC(CC#N)(CC#N)COCCCCCCCC. The van der Waals surface area contributed by atoms with Crippen LogP contribution >= 0.6 is 0 Å². The predicted molar refractivity (Wildman–Crippen MR) is 111 cm³/mol. The number of nitrogens with zero attached hydrogens (tertiary/aromatic N) is 2. The van der Waals surface area contributed by atoms with Crippen LogP contribution in [0, 0.1) is 28.1 Å². The van der Waals surface area contributed by atoms with Crippen LogP contribution in [0.5, 0.6) is 0 Å². The molecule has 0 saturated heterocycles. The largest absolute Gasteiger partial charge is 0.381 e. The van der Waals surface area contributed by atoms with E-state index in [0.29, 0.717) is 39.3 Å². The summed E-state index contributed by atoms with van der Waals surface area (Å²) in [6.45, 7) is 6.76. The molecule has 4 nitrogen and oxygen atoms in total. The summed E-state index contributed by atoms with van der Waals surface area (Å²) < 4.78 is 11.7. The molecule has 0 heterocycles. The molecule has 27 heavy (non-hydrogen) atoms. The minimum atomic E-state index is -0.478. The fraction of sp³-hybridized carbons (Fsp3) is 0.913. The predicted octanol–water partition coefficient (Wildman–Crippen LogP) is 6.55. The van der Waals surface area contributed by atoms with E-state index in [-0.39, 0.29) is 0 Å². The third-order valence-electron chi connectivity index (χ3n) is 5.01. The van der Waals surface area contributed by atoms with Crippen molar-refractivity contribution < 1.29 is 9.47 Å². The third kappa shape index (κ3) is 15.6. The molecule has 0 unspecified atom stereocenters. The highest BCUT2D eigenvalue weighted by Crippen LogP contribution is 2.27. The lowest BCUT2D eigenvalue weighted by Crippen LogP contribution is -2.32. The molecule has 0 aliphatic rings. The van der Waals surface area contributed by atoms with Crippen molar-refractivity contribution in [2.24, 2.45) is 5.41 Å². The molecule has 0 radical (unpaired) electrons. The maximum absolute atomic E-state index is 9.20. The standard InChI is InChI=1S/C23H42N2O2/c1-3-5-7-9-11-13-19-26-21-23(15-17-24,16-18-25)22-27-20-14-12-10-8-6-4-2/h3-16,19-22H2,1-2H3. The first-order valence-electron chi connectivity index (χ1n) is 11.1. The molecule has 0 fully saturated rings. The lowest BCUT2D eigenvalue weighted by atomic mass is 9.83. The molecule has 0 aliphatic heterocycles. The van der Waals surface area contributed by atoms with Crippen molar-refractivity contribution in [2.45, 2.75) is 104 Å². The van der Waals surface area contributed by atoms with Crippen molar-refractivity contribution in [1.82, 2.24) is 0 Å². The van der Waals surface area contributed by atoms with Gasteiger partial charge in [0.25, 0.3) is 0 Å². The van der Waals surface area contributed by atoms with Gasteiger partial charge in [0.2, 0.25) is 0 Å². The summed E-state index contributed by atoms with van der Waals surface area (Å²) >= 11 is 0. The molecule has 0 aromatic carbocycles. The Bertz CT molecular complexity index is 360. The topological polar surface area (TPSA) is 66.0 Å². The van der Waals surface area contributed by atoms with Gasteiger partial charge in [-0.3, -0.25) is 0 Å². The molecular weight excluding hydrogens is 336 g/mol. The van der Waals surface area contributed by atoms with Crippen LogP contribution in [0.1, 0.15) is 104 Å². The molecule has 0 spiro atoms. The highest BCUT2D eigenvalue weighted by atomic mass is 16.5. The third-order valence-corrected chi connectivity index (χ3v) is 5.01. The Kier molecular flexibility index (Phi) is 18.9. The summed E-state index contributed by atoms with van der Waals surface area (Å²) in [7, 11) is 0. The van der Waals surface area contributed by atoms with Gasteiger partial charge in [0.15, 0.2) is 0 Å². The number of unbranched alkanes of at least 4 members (excludes halogenated alkanes) is 10. The molecular formula is C23H42N2O2. The minimum absolute atomic E-state index is 0.313. The average molecular weight is 379 g/mol. The van der Waals surface area contributed by atoms with Gasteiger partial charge < -0.3 is 9.47 Å². The quantitative estimate of drug-likeness (QED) is 0.225. The van der Waals surface area contributed by atoms with Crippen LogP contribution in [-0.4, -0.2) is 26.4 Å². The van der Waals surface area contributed by atoms with Crippen molar-refractivity contribution >= 4 is 0 Å². The molecule has 0 rings (SSSR count). The molecule has 0 atom stereocenters. The Morgan fingerprint density at radius 2 is 0.963 bits per heavy atom. The van der Waals surface area contributed by atoms with Crippen LogP contribution in [0.15, 0.2) is 0 Å². The fourth-order valence-corrected chi connectivity index (χ4v) is 3.19. The summed E-state index contributed by atoms with van der Waals surface area (Å²) in [5.41, 5.74) is -0.478. The second-order valence-corrected chi connectivity index (χ2v) is 7.81. The number of hydrogen-bond donors (Lipinski definition) is 0. The molecule has 4 heteroatoms. The zero-order valence-electron chi connectivity index (χ0n) is 17.9. The zero-order valence-corrected chi connectivity index (χ0v) is 17.9. The molecule has 0 aromatic heterocycles. The molecule has 0 amide bonds. The van der Waals surface area contributed by atoms with E-state index in [0.717, 1.165) is 12.8 Å². The zero-order chi connectivity index (χ0) is 20.1. The van der Waals surface area contributed by atoms with E-state index in [4.69, 9.17) is 9.47 Å². The van der Waals surface area contributed by atoms with Crippen LogP contribution in [0.3, 0.4) is 0 Å². The van der Waals surface area contributed by atoms with Crippen molar-refractivity contribution in [1.29, 1.82) is 10.5 Å². The van der Waals surface area contributed by atoms with Crippen LogP contribution in [0.2, 0.25) is 0 Å². The number of ether oxygens (including phenoxy) is 2. The first-order chi connectivity index (χ1) is 13.2. The van der Waals surface area contributed by atoms with Gasteiger partial charge in [-0.1, -0.05) is 78.1 Å². The summed E-state index contributed by atoms with van der Waals surface area (Å²) in [6.07, 6.45) is 15.4. The second-order valence-electron chi connectivity index (χ2n) is 7.81. The lowest BCUT2D eigenvalue weighted by Gasteiger charge is -2.28. The number of hydrogen-bond acceptors (Lipinski definition) is 4. The van der Waals surface area contributed by atoms with Crippen molar-refractivity contribution in [3.05, 3.63) is 0 Å². The maximum atomic E-state index is 9.20. The Balaban J connectivity index is 4.05. The highest BCUT2D eigenvalue weighted by molar-refractivity contribution is 4.95. The Morgan fingerprint density at radius 3 is 1.33 bits per heavy atom. The maximum Gasteiger partial charge on any atom is 0.0629 e. The highest BCUT2D eigenvalue weighted by Gasteiger charge is 2.31. The van der Waals surface area contributed by atoms with Crippen LogP contribution in [0.25, 0.3) is 0 Å². The van der Waals surface area contributed by atoms with E-state index in [1.807, 2.05) is 0 Å². The number of rotatable bonds is 20. The van der Waals surface area contributed by atoms with Gasteiger partial charge in [-0.05, 0) is 12.8 Å². The van der Waals surface area contributed by atoms with Gasteiger partial charge in [0.1, 0.15) is 0 Å². The van der Waals surface area contributed by atoms with Gasteiger partial charge in [0, 0.05) is 31.5 Å². The van der Waals surface area contributed by atoms with Crippen molar-refractivity contribution in [3.8, 4) is 12.1 Å². The first kappa shape index (κ1) is 25.9. The Labute approximate surface area is 168 Å². The summed E-state index contributed by atoms with van der Waals surface area (Å²) in [5.74, 6) is 0. The first-order valence-corrected chi connectivity index (χ1v) is 11.1. The van der Waals surface area contributed by atoms with Gasteiger partial charge >= 0.3 is 0 Å². The minimum Gasteiger partial charge on any atom is -0.381 e. The Morgan fingerprint density at radius 1 is 0.593 bits per heavy atom. The van der Waals surface area contributed by atoms with E-state index < -0.39 is 5.41 Å². The normalized spacial score (nSPS) is 11.3. The second kappa shape index (κ2) is 19.7. The van der Waals surface area contributed by atoms with E-state index in [1.54, 1.807) is 0 Å². The van der Waals surface area contributed by atoms with E-state index in [2.05, 4.69) is 26.0 Å². The molecule has 0 aromatic rings. The Hall–Kier alpha value is -1.10. The molecule has 156 valence electrons. The summed E-state index contributed by atoms with van der Waals surface area (Å²) in [5, 5.41) is 18.4. The molecule has 0 bridgehead atoms. The van der Waals surface area contributed by atoms with Gasteiger partial charge in [-0.2, -0.15) is 10.5 Å². The van der Waals surface area contributed by atoms with Gasteiger partial charge in [-0.15, -0.1) is 0 Å². The smallest absolute Gasteiger partial charge is 0.0629 e. The van der Waals surface area contributed by atoms with Crippen LogP contribution in [-0.2, 0) is 9.47 Å². The summed E-state index contributed by atoms with van der Waals surface area (Å²) in [4.78, 5) is 0. The van der Waals surface area contributed by atoms with E-state index in [1.165, 1.54) is 64.2 Å². The fourth-order valence-electron chi connectivity index (χ4n) is 3.19. The molecule has 0 N–H and O–H groups in total. The van der Waals surface area contributed by atoms with Gasteiger partial charge in [-0.25, -0.2) is 0 Å². The summed E-state index contributed by atoms with van der Waals surface area (Å²) in [6, 6.07) is 4.47. The van der Waals surface area contributed by atoms with Crippen molar-refractivity contribution in [3.63, 3.8) is 0 Å². The van der Waals surface area contributed by atoms with Gasteiger partial charge in [0.05, 0.1) is 25.4 Å². The van der Waals surface area contributed by atoms with E-state index in [9.17, 15) is 10.5 Å². The molecule has 0 saturated carbocycles. The van der Waals surface area contributed by atoms with Crippen molar-refractivity contribution in [2.75, 3.05) is 26.4 Å². The lowest BCUT2D eigenvalue weighted by molar-refractivity contribution is -0.0200. The van der Waals surface area contributed by atoms with Crippen LogP contribution in [0.4, 0.5) is 0 Å². The van der Waals surface area contributed by atoms with Crippen LogP contribution < -0.4 is 0 Å². The monoisotopic (exact) mass is 378 g/mol.